The number of rotatable bonds is 5. The zero-order valence-electron chi connectivity index (χ0n) is 13.9. The van der Waals surface area contributed by atoms with Crippen molar-refractivity contribution >= 4 is 35.2 Å². The van der Waals surface area contributed by atoms with Crippen molar-refractivity contribution in [1.82, 2.24) is 0 Å². The summed E-state index contributed by atoms with van der Waals surface area (Å²) < 4.78 is 10.5. The van der Waals surface area contributed by atoms with Gasteiger partial charge >= 0.3 is 11.9 Å². The van der Waals surface area contributed by atoms with Crippen LogP contribution in [0.3, 0.4) is 0 Å². The minimum absolute atomic E-state index is 0.0169. The van der Waals surface area contributed by atoms with E-state index in [1.54, 1.807) is 36.4 Å². The van der Waals surface area contributed by atoms with E-state index < -0.39 is 18.0 Å². The molecule has 1 unspecified atom stereocenters. The maximum absolute atomic E-state index is 12.2. The smallest absolute Gasteiger partial charge is 0.338 e. The second kappa shape index (κ2) is 8.50. The van der Waals surface area contributed by atoms with E-state index in [1.165, 1.54) is 6.08 Å². The SMILES string of the molecule is O=C(/C=C/c1ccccc1)OCC1CC=C(c2cccc(Cl)c2)C(=O)O1. The fourth-order valence-electron chi connectivity index (χ4n) is 2.54. The summed E-state index contributed by atoms with van der Waals surface area (Å²) in [5, 5.41) is 0.553. The van der Waals surface area contributed by atoms with Crippen molar-refractivity contribution in [1.29, 1.82) is 0 Å². The number of esters is 2. The minimum Gasteiger partial charge on any atom is -0.459 e. The molecule has 0 spiro atoms. The van der Waals surface area contributed by atoms with Crippen LogP contribution >= 0.6 is 11.6 Å². The molecule has 0 N–H and O–H groups in total. The molecular weight excluding hydrogens is 352 g/mol. The van der Waals surface area contributed by atoms with E-state index in [4.69, 9.17) is 21.1 Å². The molecule has 2 aromatic rings. The van der Waals surface area contributed by atoms with Gasteiger partial charge in [-0.2, -0.15) is 0 Å². The third-order valence-corrected chi connectivity index (χ3v) is 4.07. The Hall–Kier alpha value is -2.85. The molecule has 0 aromatic heterocycles. The molecule has 5 heteroatoms. The molecule has 0 saturated heterocycles. The number of benzene rings is 2. The third kappa shape index (κ3) is 4.83. The molecular formula is C21H17ClO4. The first-order valence-corrected chi connectivity index (χ1v) is 8.56. The standard InChI is InChI=1S/C21H17ClO4/c22-17-8-4-7-16(13-17)19-11-10-18(26-21(19)24)14-25-20(23)12-9-15-5-2-1-3-6-15/h1-9,11-13,18H,10,14H2/b12-9+. The van der Waals surface area contributed by atoms with Gasteiger partial charge in [0.2, 0.25) is 0 Å². The van der Waals surface area contributed by atoms with E-state index >= 15 is 0 Å². The highest BCUT2D eigenvalue weighted by molar-refractivity contribution is 6.31. The highest BCUT2D eigenvalue weighted by atomic mass is 35.5. The van der Waals surface area contributed by atoms with E-state index in [0.29, 0.717) is 22.6 Å². The number of carbonyl (C=O) groups is 2. The molecule has 132 valence electrons. The van der Waals surface area contributed by atoms with Gasteiger partial charge in [-0.3, -0.25) is 0 Å². The zero-order valence-corrected chi connectivity index (χ0v) is 14.7. The van der Waals surface area contributed by atoms with Crippen LogP contribution in [0, 0.1) is 0 Å². The monoisotopic (exact) mass is 368 g/mol. The molecule has 1 atom stereocenters. The van der Waals surface area contributed by atoms with Gasteiger partial charge in [0, 0.05) is 17.5 Å². The summed E-state index contributed by atoms with van der Waals surface area (Å²) in [6, 6.07) is 16.5. The number of carbonyl (C=O) groups excluding carboxylic acids is 2. The van der Waals surface area contributed by atoms with E-state index in [2.05, 4.69) is 0 Å². The highest BCUT2D eigenvalue weighted by Gasteiger charge is 2.25. The Morgan fingerprint density at radius 3 is 2.73 bits per heavy atom. The highest BCUT2D eigenvalue weighted by Crippen LogP contribution is 2.25. The van der Waals surface area contributed by atoms with Crippen LogP contribution in [0.4, 0.5) is 0 Å². The van der Waals surface area contributed by atoms with Gasteiger partial charge in [-0.15, -0.1) is 0 Å². The summed E-state index contributed by atoms with van der Waals surface area (Å²) in [4.78, 5) is 24.0. The predicted molar refractivity (Wildman–Crippen MR) is 100 cm³/mol. The Balaban J connectivity index is 1.53. The Bertz CT molecular complexity index is 855. The summed E-state index contributed by atoms with van der Waals surface area (Å²) in [6.07, 6.45) is 4.80. The number of hydrogen-bond donors (Lipinski definition) is 0. The van der Waals surface area contributed by atoms with E-state index in [9.17, 15) is 9.59 Å². The van der Waals surface area contributed by atoms with E-state index in [-0.39, 0.29) is 6.61 Å². The summed E-state index contributed by atoms with van der Waals surface area (Å²) in [7, 11) is 0. The van der Waals surface area contributed by atoms with Crippen LogP contribution in [0.15, 0.2) is 66.7 Å². The van der Waals surface area contributed by atoms with Gasteiger partial charge < -0.3 is 9.47 Å². The summed E-state index contributed by atoms with van der Waals surface area (Å²) in [6.45, 7) is 0.0169. The topological polar surface area (TPSA) is 52.6 Å². The fourth-order valence-corrected chi connectivity index (χ4v) is 2.73. The molecule has 1 heterocycles. The molecule has 26 heavy (non-hydrogen) atoms. The first-order valence-electron chi connectivity index (χ1n) is 8.19. The van der Waals surface area contributed by atoms with Gasteiger partial charge in [-0.1, -0.05) is 60.1 Å². The zero-order chi connectivity index (χ0) is 18.4. The van der Waals surface area contributed by atoms with Crippen LogP contribution < -0.4 is 0 Å². The lowest BCUT2D eigenvalue weighted by Gasteiger charge is -2.22. The lowest BCUT2D eigenvalue weighted by molar-refractivity contribution is -0.152. The first kappa shape index (κ1) is 18.0. The van der Waals surface area contributed by atoms with Crippen LogP contribution in [0.2, 0.25) is 5.02 Å². The normalized spacial score (nSPS) is 16.9. The lowest BCUT2D eigenvalue weighted by Crippen LogP contribution is -2.28. The maximum atomic E-state index is 12.2. The van der Waals surface area contributed by atoms with Gasteiger partial charge in [-0.25, -0.2) is 9.59 Å². The van der Waals surface area contributed by atoms with Crippen molar-refractivity contribution in [2.75, 3.05) is 6.61 Å². The predicted octanol–water partition coefficient (Wildman–Crippen LogP) is 4.30. The number of halogens is 1. The first-order chi connectivity index (χ1) is 12.6. The molecule has 0 saturated carbocycles. The van der Waals surface area contributed by atoms with E-state index in [0.717, 1.165) is 5.56 Å². The minimum atomic E-state index is -0.487. The number of ether oxygens (including phenoxy) is 2. The summed E-state index contributed by atoms with van der Waals surface area (Å²) in [5.74, 6) is -0.922. The molecule has 1 aliphatic heterocycles. The Kier molecular flexibility index (Phi) is 5.87. The molecule has 0 fully saturated rings. The Labute approximate surface area is 156 Å². The van der Waals surface area contributed by atoms with Crippen molar-refractivity contribution in [2.24, 2.45) is 0 Å². The van der Waals surface area contributed by atoms with Crippen molar-refractivity contribution < 1.29 is 19.1 Å². The molecule has 3 rings (SSSR count). The maximum Gasteiger partial charge on any atom is 0.338 e. The number of cyclic esters (lactones) is 1. The molecule has 0 amide bonds. The van der Waals surface area contributed by atoms with Gasteiger partial charge in [0.1, 0.15) is 12.7 Å². The quantitative estimate of drug-likeness (QED) is 0.583. The average molecular weight is 369 g/mol. The molecule has 4 nitrogen and oxygen atoms in total. The van der Waals surface area contributed by atoms with Crippen molar-refractivity contribution in [2.45, 2.75) is 12.5 Å². The van der Waals surface area contributed by atoms with Crippen molar-refractivity contribution in [3.8, 4) is 0 Å². The van der Waals surface area contributed by atoms with Crippen LogP contribution in [-0.4, -0.2) is 24.6 Å². The van der Waals surface area contributed by atoms with Crippen molar-refractivity contribution in [3.63, 3.8) is 0 Å². The third-order valence-electron chi connectivity index (χ3n) is 3.84. The average Bonchev–Trinajstić information content (AvgIpc) is 2.65. The molecule has 1 aliphatic rings. The van der Waals surface area contributed by atoms with Crippen molar-refractivity contribution in [3.05, 3.63) is 82.9 Å². The van der Waals surface area contributed by atoms with Gasteiger partial charge in [-0.05, 0) is 29.3 Å². The summed E-state index contributed by atoms with van der Waals surface area (Å²) in [5.41, 5.74) is 2.09. The van der Waals surface area contributed by atoms with Crippen LogP contribution in [-0.2, 0) is 19.1 Å². The van der Waals surface area contributed by atoms with Gasteiger partial charge in [0.15, 0.2) is 0 Å². The van der Waals surface area contributed by atoms with Crippen LogP contribution in [0.1, 0.15) is 17.5 Å². The molecule has 0 bridgehead atoms. The fraction of sp³-hybridized carbons (Fsp3) is 0.143. The van der Waals surface area contributed by atoms with Crippen LogP contribution in [0.5, 0.6) is 0 Å². The lowest BCUT2D eigenvalue weighted by atomic mass is 10.0. The van der Waals surface area contributed by atoms with Gasteiger partial charge in [0.05, 0.1) is 5.57 Å². The van der Waals surface area contributed by atoms with Crippen LogP contribution in [0.25, 0.3) is 11.6 Å². The van der Waals surface area contributed by atoms with Gasteiger partial charge in [0.25, 0.3) is 0 Å². The second-order valence-corrected chi connectivity index (χ2v) is 6.20. The Morgan fingerprint density at radius 1 is 1.19 bits per heavy atom. The number of hydrogen-bond acceptors (Lipinski definition) is 4. The molecule has 0 aliphatic carbocycles. The summed E-state index contributed by atoms with van der Waals surface area (Å²) >= 11 is 5.96. The molecule has 0 radical (unpaired) electrons. The largest absolute Gasteiger partial charge is 0.459 e. The molecule has 2 aromatic carbocycles. The van der Waals surface area contributed by atoms with E-state index in [1.807, 2.05) is 30.3 Å². The Morgan fingerprint density at radius 2 is 2.00 bits per heavy atom. The second-order valence-electron chi connectivity index (χ2n) is 5.77.